The van der Waals surface area contributed by atoms with Gasteiger partial charge in [-0.3, -0.25) is 10.1 Å². The van der Waals surface area contributed by atoms with Gasteiger partial charge in [-0.1, -0.05) is 0 Å². The Labute approximate surface area is 117 Å². The summed E-state index contributed by atoms with van der Waals surface area (Å²) in [5.41, 5.74) is 4.78. The monoisotopic (exact) mass is 274 g/mol. The number of hydrogen-bond acceptors (Lipinski definition) is 4. The molecule has 20 heavy (non-hydrogen) atoms. The summed E-state index contributed by atoms with van der Waals surface area (Å²) in [7, 11) is 1.90. The van der Waals surface area contributed by atoms with E-state index in [2.05, 4.69) is 10.4 Å². The van der Waals surface area contributed by atoms with Crippen molar-refractivity contribution in [3.8, 4) is 5.69 Å². The van der Waals surface area contributed by atoms with Gasteiger partial charge in [0.05, 0.1) is 16.3 Å². The van der Waals surface area contributed by atoms with Gasteiger partial charge in [-0.2, -0.15) is 5.10 Å². The highest BCUT2D eigenvalue weighted by atomic mass is 16.6. The molecule has 2 aromatic rings. The molecule has 1 aromatic carbocycles. The summed E-state index contributed by atoms with van der Waals surface area (Å²) in [6.45, 7) is 6.46. The lowest BCUT2D eigenvalue weighted by Crippen LogP contribution is -2.07. The van der Waals surface area contributed by atoms with Gasteiger partial charge in [0.2, 0.25) is 0 Å². The summed E-state index contributed by atoms with van der Waals surface area (Å²) in [5, 5.41) is 18.5. The molecule has 106 valence electrons. The molecule has 0 unspecified atom stereocenters. The summed E-state index contributed by atoms with van der Waals surface area (Å²) < 4.78 is 1.83. The first-order valence-electron chi connectivity index (χ1n) is 6.40. The van der Waals surface area contributed by atoms with Crippen molar-refractivity contribution in [2.24, 2.45) is 0 Å². The Balaban J connectivity index is 2.50. The summed E-state index contributed by atoms with van der Waals surface area (Å²) in [4.78, 5) is 10.5. The van der Waals surface area contributed by atoms with Crippen LogP contribution >= 0.6 is 0 Å². The van der Waals surface area contributed by atoms with Crippen molar-refractivity contribution in [3.05, 3.63) is 50.8 Å². The molecule has 0 saturated heterocycles. The number of nitrogens with one attached hydrogen (secondary N) is 1. The molecule has 6 heteroatoms. The van der Waals surface area contributed by atoms with Crippen LogP contribution in [0.3, 0.4) is 0 Å². The molecule has 0 radical (unpaired) electrons. The van der Waals surface area contributed by atoms with Crippen molar-refractivity contribution in [1.82, 2.24) is 15.1 Å². The summed E-state index contributed by atoms with van der Waals surface area (Å²) in [6, 6.07) is 5.05. The van der Waals surface area contributed by atoms with Crippen molar-refractivity contribution in [1.29, 1.82) is 0 Å². The molecule has 1 heterocycles. The Hall–Kier alpha value is -2.21. The quantitative estimate of drug-likeness (QED) is 0.686. The molecule has 0 atom stereocenters. The van der Waals surface area contributed by atoms with Crippen LogP contribution in [0.25, 0.3) is 5.69 Å². The van der Waals surface area contributed by atoms with E-state index in [4.69, 9.17) is 0 Å². The summed E-state index contributed by atoms with van der Waals surface area (Å²) >= 11 is 0. The highest BCUT2D eigenvalue weighted by Crippen LogP contribution is 2.23. The van der Waals surface area contributed by atoms with E-state index in [1.54, 1.807) is 19.1 Å². The van der Waals surface area contributed by atoms with E-state index >= 15 is 0 Å². The van der Waals surface area contributed by atoms with E-state index in [0.29, 0.717) is 5.56 Å². The minimum absolute atomic E-state index is 0.130. The fraction of sp³-hybridized carbons (Fsp3) is 0.357. The van der Waals surface area contributed by atoms with Crippen molar-refractivity contribution in [2.75, 3.05) is 7.05 Å². The third-order valence-corrected chi connectivity index (χ3v) is 3.42. The molecule has 0 bridgehead atoms. The van der Waals surface area contributed by atoms with Crippen molar-refractivity contribution >= 4 is 5.69 Å². The molecule has 1 aromatic heterocycles. The lowest BCUT2D eigenvalue weighted by Gasteiger charge is -2.07. The highest BCUT2D eigenvalue weighted by molar-refractivity contribution is 5.48. The van der Waals surface area contributed by atoms with Gasteiger partial charge >= 0.3 is 0 Å². The molecule has 1 N–H and O–H groups in total. The Morgan fingerprint density at radius 3 is 2.60 bits per heavy atom. The number of hydrogen-bond donors (Lipinski definition) is 1. The first kappa shape index (κ1) is 14.2. The minimum Gasteiger partial charge on any atom is -0.316 e. The van der Waals surface area contributed by atoms with Gasteiger partial charge in [0.15, 0.2) is 0 Å². The Kier molecular flexibility index (Phi) is 3.85. The van der Waals surface area contributed by atoms with Crippen molar-refractivity contribution < 1.29 is 4.92 Å². The second kappa shape index (κ2) is 5.42. The zero-order chi connectivity index (χ0) is 14.9. The van der Waals surface area contributed by atoms with Gasteiger partial charge in [0, 0.05) is 29.4 Å². The van der Waals surface area contributed by atoms with Crippen LogP contribution in [0.4, 0.5) is 5.69 Å². The van der Waals surface area contributed by atoms with Crippen LogP contribution in [0.15, 0.2) is 18.2 Å². The zero-order valence-electron chi connectivity index (χ0n) is 12.1. The number of benzene rings is 1. The standard InChI is InChI=1S/C14H18N4O2/c1-9-7-12(5-6-14(9)18(19)20)17-11(3)13(8-15-4)10(2)16-17/h5-7,15H,8H2,1-4H3. The summed E-state index contributed by atoms with van der Waals surface area (Å²) in [6.07, 6.45) is 0. The van der Waals surface area contributed by atoms with Crippen LogP contribution in [0.2, 0.25) is 0 Å². The maximum atomic E-state index is 10.9. The molecule has 0 spiro atoms. The first-order valence-corrected chi connectivity index (χ1v) is 6.40. The topological polar surface area (TPSA) is 73.0 Å². The van der Waals surface area contributed by atoms with Gasteiger partial charge in [0.25, 0.3) is 5.69 Å². The van der Waals surface area contributed by atoms with Crippen LogP contribution in [-0.4, -0.2) is 21.8 Å². The zero-order valence-corrected chi connectivity index (χ0v) is 12.1. The SMILES string of the molecule is CNCc1c(C)nn(-c2ccc([N+](=O)[O-])c(C)c2)c1C. The van der Waals surface area contributed by atoms with Crippen LogP contribution in [0.5, 0.6) is 0 Å². The molecular formula is C14H18N4O2. The molecule has 0 amide bonds. The van der Waals surface area contributed by atoms with Gasteiger partial charge in [-0.25, -0.2) is 4.68 Å². The third kappa shape index (κ3) is 2.42. The second-order valence-electron chi connectivity index (χ2n) is 4.82. The predicted octanol–water partition coefficient (Wildman–Crippen LogP) is 2.43. The van der Waals surface area contributed by atoms with Crippen LogP contribution in [0.1, 0.15) is 22.5 Å². The lowest BCUT2D eigenvalue weighted by atomic mass is 10.1. The van der Waals surface area contributed by atoms with Crippen LogP contribution in [0, 0.1) is 30.9 Å². The van der Waals surface area contributed by atoms with E-state index in [1.807, 2.05) is 25.6 Å². The molecular weight excluding hydrogens is 256 g/mol. The third-order valence-electron chi connectivity index (χ3n) is 3.42. The van der Waals surface area contributed by atoms with Crippen molar-refractivity contribution in [2.45, 2.75) is 27.3 Å². The Morgan fingerprint density at radius 2 is 2.05 bits per heavy atom. The molecule has 0 aliphatic carbocycles. The smallest absolute Gasteiger partial charge is 0.272 e. The van der Waals surface area contributed by atoms with E-state index < -0.39 is 0 Å². The van der Waals surface area contributed by atoms with E-state index in [9.17, 15) is 10.1 Å². The highest BCUT2D eigenvalue weighted by Gasteiger charge is 2.15. The normalized spacial score (nSPS) is 10.8. The second-order valence-corrected chi connectivity index (χ2v) is 4.82. The largest absolute Gasteiger partial charge is 0.316 e. The minimum atomic E-state index is -0.368. The number of nitrogens with zero attached hydrogens (tertiary/aromatic N) is 3. The molecule has 0 aliphatic heterocycles. The first-order chi connectivity index (χ1) is 9.45. The van der Waals surface area contributed by atoms with Gasteiger partial charge in [-0.05, 0) is 40.0 Å². The van der Waals surface area contributed by atoms with E-state index in [-0.39, 0.29) is 10.6 Å². The number of aryl methyl sites for hydroxylation is 2. The molecule has 0 aliphatic rings. The Bertz CT molecular complexity index is 661. The predicted molar refractivity (Wildman–Crippen MR) is 77.2 cm³/mol. The number of nitro benzene ring substituents is 1. The average Bonchev–Trinajstić information content (AvgIpc) is 2.66. The summed E-state index contributed by atoms with van der Waals surface area (Å²) in [5.74, 6) is 0. The number of rotatable bonds is 4. The van der Waals surface area contributed by atoms with Gasteiger partial charge < -0.3 is 5.32 Å². The molecule has 2 rings (SSSR count). The van der Waals surface area contributed by atoms with Crippen molar-refractivity contribution in [3.63, 3.8) is 0 Å². The molecule has 0 saturated carbocycles. The molecule has 6 nitrogen and oxygen atoms in total. The van der Waals surface area contributed by atoms with Crippen LogP contribution < -0.4 is 5.32 Å². The van der Waals surface area contributed by atoms with E-state index in [1.165, 1.54) is 6.07 Å². The Morgan fingerprint density at radius 1 is 1.35 bits per heavy atom. The maximum Gasteiger partial charge on any atom is 0.272 e. The van der Waals surface area contributed by atoms with Crippen LogP contribution in [-0.2, 0) is 6.54 Å². The lowest BCUT2D eigenvalue weighted by molar-refractivity contribution is -0.385. The van der Waals surface area contributed by atoms with Gasteiger partial charge in [-0.15, -0.1) is 0 Å². The number of nitro groups is 1. The molecule has 0 fully saturated rings. The van der Waals surface area contributed by atoms with Gasteiger partial charge in [0.1, 0.15) is 0 Å². The average molecular weight is 274 g/mol. The maximum absolute atomic E-state index is 10.9. The fourth-order valence-corrected chi connectivity index (χ4v) is 2.34. The number of aromatic nitrogens is 2. The fourth-order valence-electron chi connectivity index (χ4n) is 2.34. The van der Waals surface area contributed by atoms with E-state index in [0.717, 1.165) is 29.2 Å².